The third kappa shape index (κ3) is 5.75. The molecule has 0 saturated heterocycles. The Morgan fingerprint density at radius 2 is 1.90 bits per heavy atom. The summed E-state index contributed by atoms with van der Waals surface area (Å²) in [6, 6.07) is 3.38. The number of hydrogen-bond donors (Lipinski definition) is 0. The molecule has 1 aliphatic heterocycles. The molecule has 1 aromatic rings. The summed E-state index contributed by atoms with van der Waals surface area (Å²) in [4.78, 5) is 25.7. The minimum atomic E-state index is -4.85. The molecule has 0 aliphatic carbocycles. The number of benzene rings is 1. The van der Waals surface area contributed by atoms with Crippen LogP contribution in [0.25, 0.3) is 6.08 Å². The van der Waals surface area contributed by atoms with E-state index in [-0.39, 0.29) is 31.8 Å². The van der Waals surface area contributed by atoms with Gasteiger partial charge in [0.15, 0.2) is 0 Å². The molecule has 1 heterocycles. The number of ether oxygens (including phenoxy) is 3. The summed E-state index contributed by atoms with van der Waals surface area (Å²) >= 11 is 0. The SMILES string of the molecule is Cc1cc(C)c2c(c1)C=CC(COC(=O)OCCCCO[N+](=O)[O-])(C(F)(F)F)O2. The first-order chi connectivity index (χ1) is 13.5. The van der Waals surface area contributed by atoms with Crippen LogP contribution in [-0.2, 0) is 14.3 Å². The monoisotopic (exact) mass is 419 g/mol. The molecule has 29 heavy (non-hydrogen) atoms. The second kappa shape index (κ2) is 9.01. The first-order valence-electron chi connectivity index (χ1n) is 8.67. The summed E-state index contributed by atoms with van der Waals surface area (Å²) in [6.45, 7) is 1.96. The third-order valence-electron chi connectivity index (χ3n) is 4.10. The Hall–Kier alpha value is -2.98. The molecule has 0 amide bonds. The molecule has 1 atom stereocenters. The maximum Gasteiger partial charge on any atom is 0.508 e. The summed E-state index contributed by atoms with van der Waals surface area (Å²) in [5, 5.41) is 9.02. The van der Waals surface area contributed by atoms with Crippen molar-refractivity contribution in [1.29, 1.82) is 0 Å². The number of fused-ring (bicyclic) bond motifs is 1. The van der Waals surface area contributed by atoms with Crippen molar-refractivity contribution in [3.8, 4) is 5.75 Å². The molecule has 0 saturated carbocycles. The van der Waals surface area contributed by atoms with Gasteiger partial charge in [0.05, 0.1) is 13.2 Å². The van der Waals surface area contributed by atoms with Gasteiger partial charge in [-0.05, 0) is 44.4 Å². The third-order valence-corrected chi connectivity index (χ3v) is 4.10. The molecule has 1 aromatic carbocycles. The van der Waals surface area contributed by atoms with Crippen molar-refractivity contribution in [2.45, 2.75) is 38.5 Å². The zero-order valence-corrected chi connectivity index (χ0v) is 15.8. The molecular formula is C18H20F3NO7. The first-order valence-corrected chi connectivity index (χ1v) is 8.67. The molecule has 0 bridgehead atoms. The van der Waals surface area contributed by atoms with E-state index in [0.717, 1.165) is 11.6 Å². The van der Waals surface area contributed by atoms with E-state index in [1.165, 1.54) is 6.08 Å². The van der Waals surface area contributed by atoms with Crippen molar-refractivity contribution >= 4 is 12.2 Å². The number of carbonyl (C=O) groups is 1. The lowest BCUT2D eigenvalue weighted by molar-refractivity contribution is -0.757. The molecule has 1 aliphatic rings. The van der Waals surface area contributed by atoms with Gasteiger partial charge in [-0.2, -0.15) is 13.2 Å². The Kier molecular flexibility index (Phi) is 6.93. The van der Waals surface area contributed by atoms with Crippen LogP contribution >= 0.6 is 0 Å². The highest BCUT2D eigenvalue weighted by atomic mass is 19.4. The molecule has 160 valence electrons. The van der Waals surface area contributed by atoms with Crippen LogP contribution in [-0.4, -0.2) is 42.8 Å². The van der Waals surface area contributed by atoms with Crippen molar-refractivity contribution in [3.63, 3.8) is 0 Å². The predicted octanol–water partition coefficient (Wildman–Crippen LogP) is 4.15. The molecule has 0 spiro atoms. The molecular weight excluding hydrogens is 399 g/mol. The van der Waals surface area contributed by atoms with Gasteiger partial charge in [0.25, 0.3) is 10.7 Å². The lowest BCUT2D eigenvalue weighted by Crippen LogP contribution is -2.53. The van der Waals surface area contributed by atoms with Crippen LogP contribution in [0.5, 0.6) is 5.75 Å². The average Bonchev–Trinajstić information content (AvgIpc) is 2.62. The Bertz CT molecular complexity index is 794. The Morgan fingerprint density at radius 1 is 1.21 bits per heavy atom. The van der Waals surface area contributed by atoms with Crippen LogP contribution < -0.4 is 4.74 Å². The molecule has 8 nitrogen and oxygen atoms in total. The van der Waals surface area contributed by atoms with Crippen LogP contribution in [0.2, 0.25) is 0 Å². The Morgan fingerprint density at radius 3 is 2.55 bits per heavy atom. The van der Waals surface area contributed by atoms with Crippen LogP contribution in [0.15, 0.2) is 18.2 Å². The van der Waals surface area contributed by atoms with E-state index < -0.39 is 29.6 Å². The summed E-state index contributed by atoms with van der Waals surface area (Å²) in [5.74, 6) is 0.0678. The maximum atomic E-state index is 13.7. The number of unbranched alkanes of at least 4 members (excludes halogenated alkanes) is 1. The van der Waals surface area contributed by atoms with E-state index in [1.54, 1.807) is 19.1 Å². The Labute approximate surface area is 164 Å². The fourth-order valence-corrected chi connectivity index (χ4v) is 2.71. The molecule has 0 fully saturated rings. The lowest BCUT2D eigenvalue weighted by atomic mass is 9.95. The fraction of sp³-hybridized carbons (Fsp3) is 0.500. The van der Waals surface area contributed by atoms with Crippen LogP contribution in [0, 0.1) is 24.0 Å². The number of alkyl halides is 3. The summed E-state index contributed by atoms with van der Waals surface area (Å²) < 4.78 is 55.8. The molecule has 1 unspecified atom stereocenters. The first kappa shape index (κ1) is 22.3. The number of hydrogen-bond acceptors (Lipinski definition) is 7. The van der Waals surface area contributed by atoms with Crippen molar-refractivity contribution in [2.75, 3.05) is 19.8 Å². The highest BCUT2D eigenvalue weighted by Crippen LogP contribution is 2.43. The predicted molar refractivity (Wildman–Crippen MR) is 93.8 cm³/mol. The fourth-order valence-electron chi connectivity index (χ4n) is 2.71. The molecule has 0 radical (unpaired) electrons. The number of carbonyl (C=O) groups excluding carboxylic acids is 1. The topological polar surface area (TPSA) is 97.1 Å². The van der Waals surface area contributed by atoms with E-state index in [4.69, 9.17) is 4.74 Å². The number of nitrogens with zero attached hydrogens (tertiary/aromatic N) is 1. The molecule has 11 heteroatoms. The van der Waals surface area contributed by atoms with Crippen molar-refractivity contribution in [3.05, 3.63) is 45.0 Å². The molecule has 2 rings (SSSR count). The van der Waals surface area contributed by atoms with Gasteiger partial charge in [0.2, 0.25) is 0 Å². The van der Waals surface area contributed by atoms with Gasteiger partial charge in [-0.25, -0.2) is 4.79 Å². The highest BCUT2D eigenvalue weighted by molar-refractivity contribution is 5.65. The van der Waals surface area contributed by atoms with Crippen LogP contribution in [0.3, 0.4) is 0 Å². The standard InChI is InChI=1S/C18H20F3NO7/c1-12-9-13(2)15-14(10-12)5-6-17(29-15,18(19,20)21)11-27-16(23)26-7-3-4-8-28-22(24)25/h5-6,9-10H,3-4,7-8,11H2,1-2H3. The van der Waals surface area contributed by atoms with Crippen molar-refractivity contribution in [1.82, 2.24) is 0 Å². The minimum Gasteiger partial charge on any atom is -0.469 e. The maximum absolute atomic E-state index is 13.7. The second-order valence-corrected chi connectivity index (χ2v) is 6.47. The van der Waals surface area contributed by atoms with Crippen molar-refractivity contribution < 1.29 is 42.1 Å². The van der Waals surface area contributed by atoms with Gasteiger partial charge in [0, 0.05) is 5.56 Å². The number of halogens is 3. The van der Waals surface area contributed by atoms with E-state index >= 15 is 0 Å². The van der Waals surface area contributed by atoms with Crippen LogP contribution in [0.4, 0.5) is 18.0 Å². The van der Waals surface area contributed by atoms with Gasteiger partial charge in [0.1, 0.15) is 12.4 Å². The van der Waals surface area contributed by atoms with Gasteiger partial charge < -0.3 is 19.0 Å². The number of rotatable bonds is 8. The lowest BCUT2D eigenvalue weighted by Gasteiger charge is -2.36. The molecule has 0 aromatic heterocycles. The number of aryl methyl sites for hydroxylation is 2. The van der Waals surface area contributed by atoms with Crippen molar-refractivity contribution in [2.24, 2.45) is 0 Å². The average molecular weight is 419 g/mol. The van der Waals surface area contributed by atoms with E-state index in [1.807, 2.05) is 6.92 Å². The highest BCUT2D eigenvalue weighted by Gasteiger charge is 2.58. The van der Waals surface area contributed by atoms with E-state index in [0.29, 0.717) is 11.1 Å². The van der Waals surface area contributed by atoms with Gasteiger partial charge in [-0.15, -0.1) is 10.1 Å². The Balaban J connectivity index is 1.95. The zero-order chi connectivity index (χ0) is 21.7. The molecule has 0 N–H and O–H groups in total. The quantitative estimate of drug-likeness (QED) is 0.270. The smallest absolute Gasteiger partial charge is 0.469 e. The van der Waals surface area contributed by atoms with E-state index in [2.05, 4.69) is 14.3 Å². The van der Waals surface area contributed by atoms with Gasteiger partial charge in [-0.3, -0.25) is 0 Å². The van der Waals surface area contributed by atoms with E-state index in [9.17, 15) is 28.1 Å². The second-order valence-electron chi connectivity index (χ2n) is 6.47. The summed E-state index contributed by atoms with van der Waals surface area (Å²) in [5.41, 5.74) is -0.935. The normalized spacial score (nSPS) is 17.8. The zero-order valence-electron chi connectivity index (χ0n) is 15.8. The van der Waals surface area contributed by atoms with Gasteiger partial charge >= 0.3 is 12.3 Å². The minimum absolute atomic E-state index is 0.0678. The summed E-state index contributed by atoms with van der Waals surface area (Å²) in [7, 11) is 0. The largest absolute Gasteiger partial charge is 0.508 e. The summed E-state index contributed by atoms with van der Waals surface area (Å²) in [6.07, 6.45) is -3.60. The van der Waals surface area contributed by atoms with Gasteiger partial charge in [-0.1, -0.05) is 17.7 Å². The van der Waals surface area contributed by atoms with Crippen LogP contribution in [0.1, 0.15) is 29.5 Å².